The summed E-state index contributed by atoms with van der Waals surface area (Å²) in [6, 6.07) is 0. The first-order valence-corrected chi connectivity index (χ1v) is 7.07. The Morgan fingerprint density at radius 3 is 2.33 bits per heavy atom. The zero-order valence-electron chi connectivity index (χ0n) is 12.1. The molecule has 3 heteroatoms. The summed E-state index contributed by atoms with van der Waals surface area (Å²) in [7, 11) is 2.01. The molecule has 2 rings (SSSR count). The highest BCUT2D eigenvalue weighted by atomic mass is 14.9. The first-order chi connectivity index (χ1) is 8.60. The quantitative estimate of drug-likeness (QED) is 0.839. The van der Waals surface area contributed by atoms with E-state index in [1.165, 1.54) is 29.8 Å². The third-order valence-corrected chi connectivity index (χ3v) is 3.74. The SMILES string of the molecule is CNCC(C)Cc1c(C)nc(CC2CC2)nc1C. The Kier molecular flexibility index (Phi) is 4.33. The van der Waals surface area contributed by atoms with Gasteiger partial charge in [-0.05, 0) is 64.1 Å². The fraction of sp³-hybridized carbons (Fsp3) is 0.733. The van der Waals surface area contributed by atoms with E-state index in [0.717, 1.165) is 31.1 Å². The molecule has 1 atom stereocenters. The lowest BCUT2D eigenvalue weighted by molar-refractivity contribution is 0.536. The number of nitrogens with zero attached hydrogens (tertiary/aromatic N) is 2. The van der Waals surface area contributed by atoms with Gasteiger partial charge in [0.15, 0.2) is 0 Å². The lowest BCUT2D eigenvalue weighted by atomic mass is 9.98. The monoisotopic (exact) mass is 247 g/mol. The van der Waals surface area contributed by atoms with Crippen LogP contribution in [0.4, 0.5) is 0 Å². The fourth-order valence-electron chi connectivity index (χ4n) is 2.54. The first-order valence-electron chi connectivity index (χ1n) is 7.07. The molecule has 100 valence electrons. The van der Waals surface area contributed by atoms with Crippen molar-refractivity contribution in [3.8, 4) is 0 Å². The van der Waals surface area contributed by atoms with Crippen LogP contribution in [0.15, 0.2) is 0 Å². The van der Waals surface area contributed by atoms with Crippen molar-refractivity contribution < 1.29 is 0 Å². The topological polar surface area (TPSA) is 37.8 Å². The van der Waals surface area contributed by atoms with E-state index in [1.807, 2.05) is 7.05 Å². The minimum Gasteiger partial charge on any atom is -0.319 e. The molecule has 1 unspecified atom stereocenters. The van der Waals surface area contributed by atoms with Gasteiger partial charge in [-0.1, -0.05) is 6.92 Å². The Labute approximate surface area is 110 Å². The first kappa shape index (κ1) is 13.5. The lowest BCUT2D eigenvalue weighted by Gasteiger charge is -2.15. The van der Waals surface area contributed by atoms with E-state index in [1.54, 1.807) is 0 Å². The summed E-state index contributed by atoms with van der Waals surface area (Å²) in [5.41, 5.74) is 3.71. The van der Waals surface area contributed by atoms with Crippen molar-refractivity contribution in [3.05, 3.63) is 22.8 Å². The second-order valence-electron chi connectivity index (χ2n) is 5.80. The molecule has 0 radical (unpaired) electrons. The normalized spacial score (nSPS) is 16.9. The second kappa shape index (κ2) is 5.79. The average Bonchev–Trinajstić information content (AvgIpc) is 3.08. The molecule has 0 spiro atoms. The summed E-state index contributed by atoms with van der Waals surface area (Å²) in [6.45, 7) is 7.58. The minimum atomic E-state index is 0.630. The predicted octanol–water partition coefficient (Wildman–Crippen LogP) is 2.44. The molecule has 1 fully saturated rings. The van der Waals surface area contributed by atoms with Crippen LogP contribution in [0.2, 0.25) is 0 Å². The second-order valence-corrected chi connectivity index (χ2v) is 5.80. The van der Waals surface area contributed by atoms with Crippen molar-refractivity contribution in [3.63, 3.8) is 0 Å². The van der Waals surface area contributed by atoms with E-state index in [4.69, 9.17) is 9.97 Å². The van der Waals surface area contributed by atoms with Gasteiger partial charge in [0.25, 0.3) is 0 Å². The van der Waals surface area contributed by atoms with Gasteiger partial charge >= 0.3 is 0 Å². The lowest BCUT2D eigenvalue weighted by Crippen LogP contribution is -2.19. The molecule has 18 heavy (non-hydrogen) atoms. The van der Waals surface area contributed by atoms with Crippen LogP contribution in [-0.4, -0.2) is 23.6 Å². The van der Waals surface area contributed by atoms with Crippen molar-refractivity contribution in [1.82, 2.24) is 15.3 Å². The summed E-state index contributed by atoms with van der Waals surface area (Å²) in [6.07, 6.45) is 4.88. The standard InChI is InChI=1S/C15H25N3/c1-10(9-16-4)7-14-11(2)17-15(18-12(14)3)8-13-5-6-13/h10,13,16H,5-9H2,1-4H3. The smallest absolute Gasteiger partial charge is 0.129 e. The molecule has 0 bridgehead atoms. The van der Waals surface area contributed by atoms with E-state index in [-0.39, 0.29) is 0 Å². The highest BCUT2D eigenvalue weighted by Crippen LogP contribution is 2.32. The molecule has 1 aliphatic rings. The molecular formula is C15H25N3. The van der Waals surface area contributed by atoms with E-state index in [0.29, 0.717) is 5.92 Å². The Balaban J connectivity index is 2.09. The van der Waals surface area contributed by atoms with E-state index < -0.39 is 0 Å². The van der Waals surface area contributed by atoms with Crippen LogP contribution in [0, 0.1) is 25.7 Å². The zero-order chi connectivity index (χ0) is 13.1. The third-order valence-electron chi connectivity index (χ3n) is 3.74. The Hall–Kier alpha value is -0.960. The molecule has 1 saturated carbocycles. The van der Waals surface area contributed by atoms with Crippen LogP contribution in [0.5, 0.6) is 0 Å². The third kappa shape index (κ3) is 3.52. The van der Waals surface area contributed by atoms with Gasteiger partial charge in [0.2, 0.25) is 0 Å². The number of hydrogen-bond acceptors (Lipinski definition) is 3. The van der Waals surface area contributed by atoms with Crippen LogP contribution in [0.1, 0.15) is 42.5 Å². The van der Waals surface area contributed by atoms with Crippen molar-refractivity contribution in [1.29, 1.82) is 0 Å². The minimum absolute atomic E-state index is 0.630. The molecule has 0 aromatic carbocycles. The summed E-state index contributed by atoms with van der Waals surface area (Å²) in [4.78, 5) is 9.39. The number of aryl methyl sites for hydroxylation is 2. The van der Waals surface area contributed by atoms with Gasteiger partial charge in [0, 0.05) is 17.8 Å². The predicted molar refractivity (Wildman–Crippen MR) is 74.7 cm³/mol. The van der Waals surface area contributed by atoms with E-state index in [9.17, 15) is 0 Å². The average molecular weight is 247 g/mol. The van der Waals surface area contributed by atoms with Crippen LogP contribution >= 0.6 is 0 Å². The molecule has 0 aliphatic heterocycles. The highest BCUT2D eigenvalue weighted by molar-refractivity contribution is 5.25. The Bertz CT molecular complexity index is 387. The zero-order valence-corrected chi connectivity index (χ0v) is 12.1. The van der Waals surface area contributed by atoms with Gasteiger partial charge in [-0.25, -0.2) is 9.97 Å². The van der Waals surface area contributed by atoms with Gasteiger partial charge in [0.05, 0.1) is 0 Å². The fourth-order valence-corrected chi connectivity index (χ4v) is 2.54. The van der Waals surface area contributed by atoms with Crippen LogP contribution < -0.4 is 5.32 Å². The number of nitrogens with one attached hydrogen (secondary N) is 1. The Morgan fingerprint density at radius 2 is 1.83 bits per heavy atom. The van der Waals surface area contributed by atoms with Crippen molar-refractivity contribution >= 4 is 0 Å². The summed E-state index contributed by atoms with van der Waals surface area (Å²) in [5, 5.41) is 3.23. The summed E-state index contributed by atoms with van der Waals surface area (Å²) >= 11 is 0. The molecule has 3 nitrogen and oxygen atoms in total. The van der Waals surface area contributed by atoms with Crippen LogP contribution in [-0.2, 0) is 12.8 Å². The molecule has 0 amide bonds. The highest BCUT2D eigenvalue weighted by Gasteiger charge is 2.23. The largest absolute Gasteiger partial charge is 0.319 e. The maximum atomic E-state index is 4.70. The van der Waals surface area contributed by atoms with Gasteiger partial charge in [-0.2, -0.15) is 0 Å². The molecule has 1 heterocycles. The van der Waals surface area contributed by atoms with Crippen LogP contribution in [0.3, 0.4) is 0 Å². The van der Waals surface area contributed by atoms with Crippen LogP contribution in [0.25, 0.3) is 0 Å². The Morgan fingerprint density at radius 1 is 1.22 bits per heavy atom. The van der Waals surface area contributed by atoms with E-state index >= 15 is 0 Å². The van der Waals surface area contributed by atoms with Crippen molar-refractivity contribution in [2.45, 2.75) is 46.5 Å². The number of aromatic nitrogens is 2. The van der Waals surface area contributed by atoms with Crippen molar-refractivity contribution in [2.24, 2.45) is 11.8 Å². The molecule has 1 aromatic rings. The molecule has 1 N–H and O–H groups in total. The number of hydrogen-bond donors (Lipinski definition) is 1. The molecule has 1 aromatic heterocycles. The van der Waals surface area contributed by atoms with Gasteiger partial charge < -0.3 is 5.32 Å². The maximum absolute atomic E-state index is 4.70. The van der Waals surface area contributed by atoms with E-state index in [2.05, 4.69) is 26.1 Å². The van der Waals surface area contributed by atoms with Crippen molar-refractivity contribution in [2.75, 3.05) is 13.6 Å². The molecule has 0 saturated heterocycles. The maximum Gasteiger partial charge on any atom is 0.129 e. The summed E-state index contributed by atoms with van der Waals surface area (Å²) < 4.78 is 0. The molecule has 1 aliphatic carbocycles. The molecular weight excluding hydrogens is 222 g/mol. The van der Waals surface area contributed by atoms with Gasteiger partial charge in [0.1, 0.15) is 5.82 Å². The summed E-state index contributed by atoms with van der Waals surface area (Å²) in [5.74, 6) is 2.54. The number of rotatable bonds is 6. The van der Waals surface area contributed by atoms with Gasteiger partial charge in [-0.15, -0.1) is 0 Å². The van der Waals surface area contributed by atoms with Gasteiger partial charge in [-0.3, -0.25) is 0 Å².